The summed E-state index contributed by atoms with van der Waals surface area (Å²) in [5.74, 6) is 2.97. The lowest BCUT2D eigenvalue weighted by molar-refractivity contribution is 0.0517. The van der Waals surface area contributed by atoms with Crippen LogP contribution >= 0.6 is 11.8 Å². The predicted molar refractivity (Wildman–Crippen MR) is 91.0 cm³/mol. The van der Waals surface area contributed by atoms with Crippen LogP contribution in [-0.4, -0.2) is 42.3 Å². The Labute approximate surface area is 134 Å². The van der Waals surface area contributed by atoms with Crippen molar-refractivity contribution < 1.29 is 9.53 Å². The van der Waals surface area contributed by atoms with E-state index >= 15 is 0 Å². The van der Waals surface area contributed by atoms with E-state index in [-0.39, 0.29) is 6.09 Å². The van der Waals surface area contributed by atoms with Gasteiger partial charge in [0, 0.05) is 12.6 Å². The first kappa shape index (κ1) is 18.6. The average molecular weight is 317 g/mol. The van der Waals surface area contributed by atoms with Crippen LogP contribution < -0.4 is 10.6 Å². The zero-order chi connectivity index (χ0) is 15.7. The number of rotatable bonds is 8. The minimum Gasteiger partial charge on any atom is -0.444 e. The summed E-state index contributed by atoms with van der Waals surface area (Å²) >= 11 is 2.00. The van der Waals surface area contributed by atoms with Gasteiger partial charge in [-0.05, 0) is 64.0 Å². The molecule has 1 fully saturated rings. The average Bonchev–Trinajstić information content (AvgIpc) is 2.81. The molecule has 0 bridgehead atoms. The zero-order valence-corrected chi connectivity index (χ0v) is 14.9. The molecule has 0 aliphatic heterocycles. The SMILES string of the molecule is CCSCCCNC1CCCC1CNC(=O)OC(C)(C)C. The summed E-state index contributed by atoms with van der Waals surface area (Å²) in [7, 11) is 0. The number of alkyl carbamates (subject to hydrolysis) is 1. The van der Waals surface area contributed by atoms with Crippen LogP contribution in [0.4, 0.5) is 4.79 Å². The molecule has 2 unspecified atom stereocenters. The van der Waals surface area contributed by atoms with Gasteiger partial charge in [0.05, 0.1) is 0 Å². The van der Waals surface area contributed by atoms with Gasteiger partial charge in [-0.3, -0.25) is 0 Å². The van der Waals surface area contributed by atoms with Gasteiger partial charge in [0.15, 0.2) is 0 Å². The normalized spacial score (nSPS) is 22.3. The lowest BCUT2D eigenvalue weighted by atomic mass is 10.0. The molecule has 0 radical (unpaired) electrons. The second-order valence-electron chi connectivity index (χ2n) is 6.68. The number of nitrogens with one attached hydrogen (secondary N) is 2. The molecule has 1 amide bonds. The third-order valence-electron chi connectivity index (χ3n) is 3.64. The molecule has 5 heteroatoms. The molecular weight excluding hydrogens is 284 g/mol. The van der Waals surface area contributed by atoms with Gasteiger partial charge in [0.25, 0.3) is 0 Å². The van der Waals surface area contributed by atoms with Crippen LogP contribution in [0.25, 0.3) is 0 Å². The molecule has 1 rings (SSSR count). The molecule has 4 nitrogen and oxygen atoms in total. The van der Waals surface area contributed by atoms with Crippen molar-refractivity contribution in [2.24, 2.45) is 5.92 Å². The van der Waals surface area contributed by atoms with Gasteiger partial charge in [-0.1, -0.05) is 13.3 Å². The van der Waals surface area contributed by atoms with E-state index in [9.17, 15) is 4.79 Å². The fraction of sp³-hybridized carbons (Fsp3) is 0.938. The standard InChI is InChI=1S/C16H32N2O2S/c1-5-21-11-7-10-17-14-9-6-8-13(14)12-18-15(19)20-16(2,3)4/h13-14,17H,5-12H2,1-4H3,(H,18,19). The fourth-order valence-corrected chi connectivity index (χ4v) is 3.32. The number of ether oxygens (including phenoxy) is 1. The first-order valence-electron chi connectivity index (χ1n) is 8.20. The summed E-state index contributed by atoms with van der Waals surface area (Å²) in [5, 5.41) is 6.57. The maximum absolute atomic E-state index is 11.7. The van der Waals surface area contributed by atoms with Gasteiger partial charge in [-0.25, -0.2) is 4.79 Å². The Morgan fingerprint density at radius 3 is 2.76 bits per heavy atom. The van der Waals surface area contributed by atoms with Gasteiger partial charge >= 0.3 is 6.09 Å². The Morgan fingerprint density at radius 1 is 1.33 bits per heavy atom. The Kier molecular flexibility index (Phi) is 8.49. The number of carbonyl (C=O) groups excluding carboxylic acids is 1. The predicted octanol–water partition coefficient (Wildman–Crippen LogP) is 3.41. The lowest BCUT2D eigenvalue weighted by Gasteiger charge is -2.23. The molecule has 0 aromatic rings. The van der Waals surface area contributed by atoms with Crippen molar-refractivity contribution in [1.82, 2.24) is 10.6 Å². The lowest BCUT2D eigenvalue weighted by Crippen LogP contribution is -2.41. The van der Waals surface area contributed by atoms with E-state index in [1.807, 2.05) is 32.5 Å². The molecule has 21 heavy (non-hydrogen) atoms. The molecule has 0 aromatic carbocycles. The summed E-state index contributed by atoms with van der Waals surface area (Å²) in [6, 6.07) is 0.548. The number of amides is 1. The summed E-state index contributed by atoms with van der Waals surface area (Å²) in [6.45, 7) is 9.67. The van der Waals surface area contributed by atoms with E-state index < -0.39 is 5.60 Å². The van der Waals surface area contributed by atoms with Gasteiger partial charge in [-0.15, -0.1) is 0 Å². The van der Waals surface area contributed by atoms with Crippen LogP contribution in [0.15, 0.2) is 0 Å². The molecule has 2 N–H and O–H groups in total. The Balaban J connectivity index is 2.19. The molecule has 0 spiro atoms. The summed E-state index contributed by atoms with van der Waals surface area (Å²) in [5.41, 5.74) is -0.422. The van der Waals surface area contributed by atoms with Crippen LogP contribution in [0.5, 0.6) is 0 Å². The third-order valence-corrected chi connectivity index (χ3v) is 4.63. The van der Waals surface area contributed by atoms with Crippen molar-refractivity contribution in [2.45, 2.75) is 65.0 Å². The van der Waals surface area contributed by atoms with Gasteiger partial charge in [0.2, 0.25) is 0 Å². The highest BCUT2D eigenvalue weighted by Crippen LogP contribution is 2.25. The number of carbonyl (C=O) groups is 1. The van der Waals surface area contributed by atoms with Crippen molar-refractivity contribution in [3.8, 4) is 0 Å². The van der Waals surface area contributed by atoms with E-state index in [2.05, 4.69) is 17.6 Å². The Hall–Kier alpha value is -0.420. The van der Waals surface area contributed by atoms with Crippen LogP contribution in [0.1, 0.15) is 53.4 Å². The van der Waals surface area contributed by atoms with Crippen molar-refractivity contribution >= 4 is 17.9 Å². The summed E-state index contributed by atoms with van der Waals surface area (Å²) in [6.07, 6.45) is 4.59. The van der Waals surface area contributed by atoms with Crippen LogP contribution in [0.3, 0.4) is 0 Å². The van der Waals surface area contributed by atoms with Crippen molar-refractivity contribution in [2.75, 3.05) is 24.6 Å². The molecule has 2 atom stereocenters. The fourth-order valence-electron chi connectivity index (χ4n) is 2.68. The smallest absolute Gasteiger partial charge is 0.407 e. The molecule has 1 aliphatic rings. The van der Waals surface area contributed by atoms with Crippen LogP contribution in [0, 0.1) is 5.92 Å². The van der Waals surface area contributed by atoms with Crippen molar-refractivity contribution in [3.05, 3.63) is 0 Å². The van der Waals surface area contributed by atoms with Crippen LogP contribution in [0.2, 0.25) is 0 Å². The number of hydrogen-bond donors (Lipinski definition) is 2. The molecule has 124 valence electrons. The largest absolute Gasteiger partial charge is 0.444 e. The van der Waals surface area contributed by atoms with E-state index in [1.54, 1.807) is 0 Å². The number of hydrogen-bond acceptors (Lipinski definition) is 4. The quantitative estimate of drug-likeness (QED) is 0.674. The molecule has 0 aromatic heterocycles. The third kappa shape index (κ3) is 8.57. The maximum atomic E-state index is 11.7. The first-order chi connectivity index (χ1) is 9.92. The Bertz CT molecular complexity index is 305. The molecular formula is C16H32N2O2S. The summed E-state index contributed by atoms with van der Waals surface area (Å²) in [4.78, 5) is 11.7. The highest BCUT2D eigenvalue weighted by atomic mass is 32.2. The highest BCUT2D eigenvalue weighted by molar-refractivity contribution is 7.99. The topological polar surface area (TPSA) is 50.4 Å². The van der Waals surface area contributed by atoms with Gasteiger partial charge < -0.3 is 15.4 Å². The number of thioether (sulfide) groups is 1. The first-order valence-corrected chi connectivity index (χ1v) is 9.36. The Morgan fingerprint density at radius 2 is 2.10 bits per heavy atom. The van der Waals surface area contributed by atoms with Gasteiger partial charge in [0.1, 0.15) is 5.60 Å². The molecule has 0 heterocycles. The second-order valence-corrected chi connectivity index (χ2v) is 8.08. The van der Waals surface area contributed by atoms with E-state index in [0.717, 1.165) is 13.1 Å². The molecule has 1 saturated carbocycles. The minimum atomic E-state index is -0.422. The van der Waals surface area contributed by atoms with Crippen molar-refractivity contribution in [1.29, 1.82) is 0 Å². The van der Waals surface area contributed by atoms with Gasteiger partial charge in [-0.2, -0.15) is 11.8 Å². The van der Waals surface area contributed by atoms with Crippen molar-refractivity contribution in [3.63, 3.8) is 0 Å². The minimum absolute atomic E-state index is 0.299. The monoisotopic (exact) mass is 316 g/mol. The molecule has 1 aliphatic carbocycles. The maximum Gasteiger partial charge on any atom is 0.407 e. The molecule has 0 saturated heterocycles. The van der Waals surface area contributed by atoms with E-state index in [4.69, 9.17) is 4.74 Å². The van der Waals surface area contributed by atoms with Crippen LogP contribution in [-0.2, 0) is 4.74 Å². The van der Waals surface area contributed by atoms with E-state index in [0.29, 0.717) is 12.0 Å². The highest BCUT2D eigenvalue weighted by Gasteiger charge is 2.27. The zero-order valence-electron chi connectivity index (χ0n) is 14.0. The van der Waals surface area contributed by atoms with E-state index in [1.165, 1.54) is 37.2 Å². The second kappa shape index (κ2) is 9.57. The summed E-state index contributed by atoms with van der Waals surface area (Å²) < 4.78 is 5.28.